The van der Waals surface area contributed by atoms with Crippen LogP contribution in [-0.2, 0) is 14.3 Å². The number of imidazole rings is 1. The average Bonchev–Trinajstić information content (AvgIpc) is 3.32. The summed E-state index contributed by atoms with van der Waals surface area (Å²) in [5.74, 6) is -0.599. The Morgan fingerprint density at radius 3 is 2.43 bits per heavy atom. The predicted octanol–water partition coefficient (Wildman–Crippen LogP) is 6.90. The number of carbonyl (C=O) groups excluding carboxylic acids is 2. The molecule has 0 aliphatic rings. The third kappa shape index (κ3) is 7.45. The van der Waals surface area contributed by atoms with Gasteiger partial charge in [-0.05, 0) is 70.0 Å². The van der Waals surface area contributed by atoms with Crippen LogP contribution in [0.15, 0.2) is 42.6 Å². The van der Waals surface area contributed by atoms with Crippen molar-refractivity contribution in [2.24, 2.45) is 0 Å². The standard InChI is InChI=1S/C31H36F2N6O3/c1-19(2)39-20(3)35-30-25(32)15-21(16-27(30)39)29-26(33)17-34-31(38-29)37-23-13-11-22(12-14-23)36-24(18-40)9-7-5-6-8-10-28(41)42-4/h11-19,24,36H,5-10H2,1-4H3,(H,34,37,38). The van der Waals surface area contributed by atoms with Gasteiger partial charge in [-0.25, -0.2) is 23.7 Å². The van der Waals surface area contributed by atoms with Crippen LogP contribution >= 0.6 is 0 Å². The van der Waals surface area contributed by atoms with E-state index in [1.54, 1.807) is 18.2 Å². The number of anilines is 3. The van der Waals surface area contributed by atoms with Gasteiger partial charge in [-0.1, -0.05) is 19.3 Å². The van der Waals surface area contributed by atoms with Crippen molar-refractivity contribution in [2.75, 3.05) is 17.7 Å². The maximum atomic E-state index is 15.0. The molecule has 0 aliphatic carbocycles. The summed E-state index contributed by atoms with van der Waals surface area (Å²) >= 11 is 0. The van der Waals surface area contributed by atoms with Gasteiger partial charge >= 0.3 is 5.97 Å². The van der Waals surface area contributed by atoms with Crippen LogP contribution in [0.1, 0.15) is 64.2 Å². The second-order valence-electron chi connectivity index (χ2n) is 10.5. The molecule has 2 heterocycles. The highest BCUT2D eigenvalue weighted by Crippen LogP contribution is 2.30. The van der Waals surface area contributed by atoms with Gasteiger partial charge in [0, 0.05) is 29.4 Å². The van der Waals surface area contributed by atoms with Gasteiger partial charge < -0.3 is 24.7 Å². The number of halogens is 2. The van der Waals surface area contributed by atoms with Gasteiger partial charge in [0.2, 0.25) is 5.95 Å². The molecule has 2 aromatic carbocycles. The quantitative estimate of drug-likeness (QED) is 0.0945. The summed E-state index contributed by atoms with van der Waals surface area (Å²) in [7, 11) is 1.38. The summed E-state index contributed by atoms with van der Waals surface area (Å²) in [6, 6.07) is 9.86. The van der Waals surface area contributed by atoms with Crippen LogP contribution in [0, 0.1) is 18.6 Å². The van der Waals surface area contributed by atoms with Crippen molar-refractivity contribution in [3.63, 3.8) is 0 Å². The van der Waals surface area contributed by atoms with E-state index < -0.39 is 11.6 Å². The minimum absolute atomic E-state index is 0.0279. The molecule has 9 nitrogen and oxygen atoms in total. The second kappa shape index (κ2) is 14.0. The molecule has 4 aromatic rings. The van der Waals surface area contributed by atoms with E-state index in [-0.39, 0.29) is 40.8 Å². The Morgan fingerprint density at radius 1 is 1.02 bits per heavy atom. The first-order valence-corrected chi connectivity index (χ1v) is 14.1. The molecule has 0 aliphatic heterocycles. The molecule has 1 atom stereocenters. The van der Waals surface area contributed by atoms with Crippen molar-refractivity contribution in [3.8, 4) is 11.3 Å². The molecule has 2 N–H and O–H groups in total. The van der Waals surface area contributed by atoms with Gasteiger partial charge in [0.25, 0.3) is 0 Å². The van der Waals surface area contributed by atoms with Crippen LogP contribution < -0.4 is 10.6 Å². The summed E-state index contributed by atoms with van der Waals surface area (Å²) in [6.45, 7) is 5.76. The number of hydrogen-bond donors (Lipinski definition) is 2. The number of aromatic nitrogens is 4. The number of aldehydes is 1. The van der Waals surface area contributed by atoms with Crippen molar-refractivity contribution in [1.82, 2.24) is 19.5 Å². The Morgan fingerprint density at radius 2 is 1.74 bits per heavy atom. The van der Waals surface area contributed by atoms with Gasteiger partial charge in [0.15, 0.2) is 11.6 Å². The second-order valence-corrected chi connectivity index (χ2v) is 10.5. The van der Waals surface area contributed by atoms with Crippen LogP contribution in [0.2, 0.25) is 0 Å². The van der Waals surface area contributed by atoms with Crippen molar-refractivity contribution < 1.29 is 23.1 Å². The van der Waals surface area contributed by atoms with Crippen LogP contribution in [-0.4, -0.2) is 44.9 Å². The summed E-state index contributed by atoms with van der Waals surface area (Å²) in [6.07, 6.45) is 6.50. The lowest BCUT2D eigenvalue weighted by molar-refractivity contribution is -0.140. The van der Waals surface area contributed by atoms with E-state index in [2.05, 4.69) is 30.3 Å². The van der Waals surface area contributed by atoms with Crippen LogP contribution in [0.4, 0.5) is 26.1 Å². The molecule has 0 fully saturated rings. The van der Waals surface area contributed by atoms with E-state index in [1.165, 1.54) is 13.2 Å². The first-order chi connectivity index (χ1) is 20.2. The molecule has 1 unspecified atom stereocenters. The minimum Gasteiger partial charge on any atom is -0.469 e. The summed E-state index contributed by atoms with van der Waals surface area (Å²) in [5.41, 5.74) is 2.48. The molecule has 11 heteroatoms. The topological polar surface area (TPSA) is 111 Å². The van der Waals surface area contributed by atoms with Crippen LogP contribution in [0.5, 0.6) is 0 Å². The maximum absolute atomic E-state index is 15.0. The third-order valence-corrected chi connectivity index (χ3v) is 6.99. The fourth-order valence-electron chi connectivity index (χ4n) is 4.94. The van der Waals surface area contributed by atoms with Crippen molar-refractivity contribution in [1.29, 1.82) is 0 Å². The van der Waals surface area contributed by atoms with Crippen molar-refractivity contribution >= 4 is 40.6 Å². The van der Waals surface area contributed by atoms with Crippen molar-refractivity contribution in [3.05, 3.63) is 60.1 Å². The number of methoxy groups -OCH3 is 1. The molecule has 0 radical (unpaired) electrons. The number of carbonyl (C=O) groups is 2. The van der Waals surface area contributed by atoms with E-state index in [1.807, 2.05) is 37.5 Å². The SMILES string of the molecule is COC(=O)CCCCCCC(C=O)Nc1ccc(Nc2ncc(F)c(-c3cc(F)c4nc(C)n(C(C)C)c4c3)n2)cc1. The van der Waals surface area contributed by atoms with Gasteiger partial charge in [-0.15, -0.1) is 0 Å². The number of nitrogens with zero attached hydrogens (tertiary/aromatic N) is 4. The molecule has 0 saturated heterocycles. The maximum Gasteiger partial charge on any atom is 0.305 e. The Kier molecular flexibility index (Phi) is 10.2. The normalized spacial score (nSPS) is 12.0. The minimum atomic E-state index is -0.672. The lowest BCUT2D eigenvalue weighted by Crippen LogP contribution is -2.20. The van der Waals surface area contributed by atoms with E-state index in [0.717, 1.165) is 43.9 Å². The van der Waals surface area contributed by atoms with Gasteiger partial charge in [0.1, 0.15) is 23.3 Å². The molecule has 0 bridgehead atoms. The molecule has 2 aromatic heterocycles. The fraction of sp³-hybridized carbons (Fsp3) is 0.387. The highest BCUT2D eigenvalue weighted by molar-refractivity contribution is 5.83. The van der Waals surface area contributed by atoms with Gasteiger partial charge in [-0.3, -0.25) is 4.79 Å². The number of rotatable bonds is 14. The number of ether oxygens (including phenoxy) is 1. The van der Waals surface area contributed by atoms with Crippen LogP contribution in [0.3, 0.4) is 0 Å². The molecule has 4 rings (SSSR count). The molecule has 0 saturated carbocycles. The first-order valence-electron chi connectivity index (χ1n) is 14.1. The number of hydrogen-bond acceptors (Lipinski definition) is 8. The Bertz CT molecular complexity index is 1540. The zero-order valence-electron chi connectivity index (χ0n) is 24.3. The Hall–Kier alpha value is -4.41. The van der Waals surface area contributed by atoms with E-state index >= 15 is 0 Å². The number of esters is 1. The number of fused-ring (bicyclic) bond motifs is 1. The smallest absolute Gasteiger partial charge is 0.305 e. The number of unbranched alkanes of at least 4 members (excludes halogenated alkanes) is 3. The average molecular weight is 579 g/mol. The largest absolute Gasteiger partial charge is 0.469 e. The zero-order chi connectivity index (χ0) is 30.2. The van der Waals surface area contributed by atoms with Crippen molar-refractivity contribution in [2.45, 2.75) is 71.4 Å². The van der Waals surface area contributed by atoms with Gasteiger partial charge in [-0.2, -0.15) is 0 Å². The lowest BCUT2D eigenvalue weighted by atomic mass is 10.1. The Balaban J connectivity index is 1.40. The number of nitrogens with one attached hydrogen (secondary N) is 2. The molecule has 222 valence electrons. The number of benzene rings is 2. The first kappa shape index (κ1) is 30.5. The Labute approximate surface area is 243 Å². The third-order valence-electron chi connectivity index (χ3n) is 6.99. The molecule has 0 amide bonds. The van der Waals surface area contributed by atoms with E-state index in [4.69, 9.17) is 0 Å². The van der Waals surface area contributed by atoms with E-state index in [9.17, 15) is 18.4 Å². The monoisotopic (exact) mass is 578 g/mol. The lowest BCUT2D eigenvalue weighted by Gasteiger charge is -2.15. The highest BCUT2D eigenvalue weighted by Gasteiger charge is 2.18. The predicted molar refractivity (Wildman–Crippen MR) is 159 cm³/mol. The summed E-state index contributed by atoms with van der Waals surface area (Å²) in [5, 5.41) is 6.27. The summed E-state index contributed by atoms with van der Waals surface area (Å²) in [4.78, 5) is 35.5. The van der Waals surface area contributed by atoms with Crippen LogP contribution in [0.25, 0.3) is 22.3 Å². The zero-order valence-corrected chi connectivity index (χ0v) is 24.3. The highest BCUT2D eigenvalue weighted by atomic mass is 19.1. The van der Waals surface area contributed by atoms with E-state index in [0.29, 0.717) is 29.9 Å². The summed E-state index contributed by atoms with van der Waals surface area (Å²) < 4.78 is 36.4. The molecular formula is C31H36F2N6O3. The molecule has 0 spiro atoms. The number of aryl methyl sites for hydroxylation is 1. The van der Waals surface area contributed by atoms with Gasteiger partial charge in [0.05, 0.1) is 24.9 Å². The fourth-order valence-corrected chi connectivity index (χ4v) is 4.94. The molecular weight excluding hydrogens is 542 g/mol. The molecule has 42 heavy (non-hydrogen) atoms.